The van der Waals surface area contributed by atoms with E-state index < -0.39 is 17.7 Å². The third-order valence-corrected chi connectivity index (χ3v) is 5.77. The van der Waals surface area contributed by atoms with Gasteiger partial charge in [-0.15, -0.1) is 0 Å². The number of amides is 1. The predicted octanol–water partition coefficient (Wildman–Crippen LogP) is 5.03. The second-order valence-corrected chi connectivity index (χ2v) is 8.90. The molecule has 0 aromatic heterocycles. The summed E-state index contributed by atoms with van der Waals surface area (Å²) >= 11 is 0. The van der Waals surface area contributed by atoms with E-state index in [2.05, 4.69) is 0 Å². The van der Waals surface area contributed by atoms with Gasteiger partial charge in [-0.2, -0.15) is 0 Å². The molecule has 1 fully saturated rings. The first-order chi connectivity index (χ1) is 16.8. The molecule has 1 atom stereocenters. The molecule has 1 N–H and O–H groups in total. The highest BCUT2D eigenvalue weighted by molar-refractivity contribution is 6.46. The van der Waals surface area contributed by atoms with Gasteiger partial charge in [0.1, 0.15) is 17.3 Å². The Bertz CT molecular complexity index is 1070. The van der Waals surface area contributed by atoms with Crippen LogP contribution in [-0.2, 0) is 14.3 Å². The van der Waals surface area contributed by atoms with E-state index in [4.69, 9.17) is 14.2 Å². The molecule has 1 amide bonds. The largest absolute Gasteiger partial charge is 0.507 e. The fourth-order valence-corrected chi connectivity index (χ4v) is 4.16. The molecule has 2 aromatic rings. The van der Waals surface area contributed by atoms with Crippen LogP contribution in [0.4, 0.5) is 0 Å². The Morgan fingerprint density at radius 2 is 1.80 bits per heavy atom. The molecule has 3 rings (SSSR count). The first-order valence-corrected chi connectivity index (χ1v) is 12.1. The zero-order valence-corrected chi connectivity index (χ0v) is 21.2. The number of ether oxygens (including phenoxy) is 3. The van der Waals surface area contributed by atoms with E-state index in [1.54, 1.807) is 25.3 Å². The highest BCUT2D eigenvalue weighted by Crippen LogP contribution is 2.40. The van der Waals surface area contributed by atoms with Crippen molar-refractivity contribution in [3.63, 3.8) is 0 Å². The Morgan fingerprint density at radius 3 is 2.40 bits per heavy atom. The van der Waals surface area contributed by atoms with E-state index in [-0.39, 0.29) is 17.4 Å². The zero-order chi connectivity index (χ0) is 25.5. The minimum absolute atomic E-state index is 0.0213. The molecular formula is C28H35NO6. The molecule has 1 heterocycles. The van der Waals surface area contributed by atoms with Crippen LogP contribution >= 0.6 is 0 Å². The number of Topliss-reactive ketones (excluding diaryl/α,β-unsaturated/α-hetero) is 1. The summed E-state index contributed by atoms with van der Waals surface area (Å²) in [5.41, 5.74) is 2.10. The predicted molar refractivity (Wildman–Crippen MR) is 135 cm³/mol. The summed E-state index contributed by atoms with van der Waals surface area (Å²) in [6.45, 7) is 9.18. The number of carbonyl (C=O) groups excluding carboxylic acids is 2. The van der Waals surface area contributed by atoms with Crippen molar-refractivity contribution in [2.75, 3.05) is 26.9 Å². The summed E-state index contributed by atoms with van der Waals surface area (Å²) in [7, 11) is 1.59. The summed E-state index contributed by atoms with van der Waals surface area (Å²) < 4.78 is 16.6. The lowest BCUT2D eigenvalue weighted by molar-refractivity contribution is -0.140. The number of methoxy groups -OCH3 is 1. The summed E-state index contributed by atoms with van der Waals surface area (Å²) in [5, 5.41) is 11.3. The Labute approximate surface area is 207 Å². The Balaban J connectivity index is 2.05. The van der Waals surface area contributed by atoms with E-state index in [1.165, 1.54) is 4.90 Å². The van der Waals surface area contributed by atoms with Crippen LogP contribution in [0.1, 0.15) is 56.3 Å². The van der Waals surface area contributed by atoms with Crippen LogP contribution in [0.5, 0.6) is 11.5 Å². The molecule has 0 radical (unpaired) electrons. The van der Waals surface area contributed by atoms with Crippen molar-refractivity contribution in [3.05, 3.63) is 64.7 Å². The monoisotopic (exact) mass is 481 g/mol. The molecule has 7 nitrogen and oxygen atoms in total. The van der Waals surface area contributed by atoms with E-state index in [0.717, 1.165) is 23.3 Å². The number of hydrogen-bond donors (Lipinski definition) is 1. The average molecular weight is 482 g/mol. The van der Waals surface area contributed by atoms with Gasteiger partial charge in [-0.05, 0) is 75.1 Å². The highest BCUT2D eigenvalue weighted by Gasteiger charge is 2.45. The van der Waals surface area contributed by atoms with Gasteiger partial charge in [0.05, 0.1) is 24.3 Å². The van der Waals surface area contributed by atoms with Crippen LogP contribution in [0, 0.1) is 6.92 Å². The number of likely N-dealkylation sites (tertiary alicyclic amines) is 1. The van der Waals surface area contributed by atoms with Crippen molar-refractivity contribution < 1.29 is 28.9 Å². The third kappa shape index (κ3) is 6.03. The molecule has 188 valence electrons. The lowest BCUT2D eigenvalue weighted by Gasteiger charge is -2.25. The fourth-order valence-electron chi connectivity index (χ4n) is 4.16. The SMILES string of the molecule is CCCOc1ccc(/C(O)=C2/C(=O)C(=O)N(CCCOC)C2c2ccc(OC(C)C)cc2)cc1C. The smallest absolute Gasteiger partial charge is 0.295 e. The minimum atomic E-state index is -0.712. The molecule has 7 heteroatoms. The van der Waals surface area contributed by atoms with Gasteiger partial charge >= 0.3 is 0 Å². The maximum absolute atomic E-state index is 13.2. The van der Waals surface area contributed by atoms with E-state index >= 15 is 0 Å². The van der Waals surface area contributed by atoms with Gasteiger partial charge in [-0.3, -0.25) is 9.59 Å². The number of hydrogen-bond acceptors (Lipinski definition) is 6. The molecule has 0 aliphatic carbocycles. The number of ketones is 1. The normalized spacial score (nSPS) is 17.3. The van der Waals surface area contributed by atoms with Gasteiger partial charge in [-0.1, -0.05) is 19.1 Å². The second kappa shape index (κ2) is 11.9. The average Bonchev–Trinajstić information content (AvgIpc) is 3.08. The number of nitrogens with zero attached hydrogens (tertiary/aromatic N) is 1. The first kappa shape index (κ1) is 26.3. The van der Waals surface area contributed by atoms with Gasteiger partial charge in [0.2, 0.25) is 0 Å². The number of carbonyl (C=O) groups is 2. The van der Waals surface area contributed by atoms with E-state index in [9.17, 15) is 14.7 Å². The highest BCUT2D eigenvalue weighted by atomic mass is 16.5. The minimum Gasteiger partial charge on any atom is -0.507 e. The van der Waals surface area contributed by atoms with Gasteiger partial charge in [-0.25, -0.2) is 0 Å². The van der Waals surface area contributed by atoms with Gasteiger partial charge in [0.15, 0.2) is 0 Å². The van der Waals surface area contributed by atoms with Crippen molar-refractivity contribution in [3.8, 4) is 11.5 Å². The third-order valence-electron chi connectivity index (χ3n) is 5.77. The van der Waals surface area contributed by atoms with Gasteiger partial charge in [0, 0.05) is 25.8 Å². The van der Waals surface area contributed by atoms with E-state index in [0.29, 0.717) is 37.5 Å². The summed E-state index contributed by atoms with van der Waals surface area (Å²) in [6, 6.07) is 11.8. The fraction of sp³-hybridized carbons (Fsp3) is 0.429. The molecule has 0 spiro atoms. The molecule has 1 aliphatic rings. The molecule has 1 aliphatic heterocycles. The van der Waals surface area contributed by atoms with E-state index in [1.807, 2.05) is 52.0 Å². The number of rotatable bonds is 11. The van der Waals surface area contributed by atoms with Crippen LogP contribution in [0.15, 0.2) is 48.0 Å². The Hall–Kier alpha value is -3.32. The molecule has 35 heavy (non-hydrogen) atoms. The van der Waals surface area contributed by atoms with Crippen molar-refractivity contribution in [2.45, 2.75) is 52.7 Å². The number of aliphatic hydroxyl groups is 1. The Kier molecular flexibility index (Phi) is 8.93. The van der Waals surface area contributed by atoms with Crippen molar-refractivity contribution in [1.29, 1.82) is 0 Å². The lowest BCUT2D eigenvalue weighted by atomic mass is 9.94. The quantitative estimate of drug-likeness (QED) is 0.210. The summed E-state index contributed by atoms with van der Waals surface area (Å²) in [5.74, 6) is -0.111. The van der Waals surface area contributed by atoms with Crippen molar-refractivity contribution >= 4 is 17.4 Å². The lowest BCUT2D eigenvalue weighted by Crippen LogP contribution is -2.31. The van der Waals surface area contributed by atoms with Crippen LogP contribution in [0.3, 0.4) is 0 Å². The van der Waals surface area contributed by atoms with Crippen LogP contribution in [0.25, 0.3) is 5.76 Å². The summed E-state index contributed by atoms with van der Waals surface area (Å²) in [4.78, 5) is 27.7. The number of aliphatic hydroxyl groups excluding tert-OH is 1. The second-order valence-electron chi connectivity index (χ2n) is 8.90. The van der Waals surface area contributed by atoms with Crippen molar-refractivity contribution in [1.82, 2.24) is 4.90 Å². The number of aryl methyl sites for hydroxylation is 1. The van der Waals surface area contributed by atoms with Crippen molar-refractivity contribution in [2.24, 2.45) is 0 Å². The molecular weight excluding hydrogens is 446 g/mol. The molecule has 0 bridgehead atoms. The van der Waals surface area contributed by atoms with Gasteiger partial charge < -0.3 is 24.2 Å². The number of benzene rings is 2. The molecule has 1 saturated heterocycles. The standard InChI is InChI=1S/C28H35NO6/c1-6-15-34-23-13-10-21(17-19(23)4)26(30)24-25(20-8-11-22(12-9-20)35-18(2)3)29(14-7-16-33-5)28(32)27(24)31/h8-13,17-18,25,30H,6-7,14-16H2,1-5H3/b26-24-. The maximum atomic E-state index is 13.2. The Morgan fingerprint density at radius 1 is 1.09 bits per heavy atom. The summed E-state index contributed by atoms with van der Waals surface area (Å²) in [6.07, 6.45) is 1.47. The van der Waals surface area contributed by atoms with Gasteiger partial charge in [0.25, 0.3) is 11.7 Å². The van der Waals surface area contributed by atoms with Crippen LogP contribution in [-0.4, -0.2) is 54.7 Å². The van der Waals surface area contributed by atoms with Crippen LogP contribution < -0.4 is 9.47 Å². The topological polar surface area (TPSA) is 85.3 Å². The first-order valence-electron chi connectivity index (χ1n) is 12.1. The maximum Gasteiger partial charge on any atom is 0.295 e. The molecule has 1 unspecified atom stereocenters. The van der Waals surface area contributed by atoms with Crippen LogP contribution in [0.2, 0.25) is 0 Å². The molecule has 0 saturated carbocycles. The molecule has 2 aromatic carbocycles. The zero-order valence-electron chi connectivity index (χ0n) is 21.2.